The highest BCUT2D eigenvalue weighted by atomic mass is 16.5. The molecule has 0 bridgehead atoms. The summed E-state index contributed by atoms with van der Waals surface area (Å²) in [6.07, 6.45) is 10.9. The molecule has 0 radical (unpaired) electrons. The third-order valence-electron chi connectivity index (χ3n) is 5.61. The Bertz CT molecular complexity index is 1340. The van der Waals surface area contributed by atoms with Crippen LogP contribution in [0.25, 0.3) is 5.70 Å². The van der Waals surface area contributed by atoms with Crippen molar-refractivity contribution in [3.8, 4) is 23.3 Å². The molecule has 0 atom stereocenters. The Morgan fingerprint density at radius 1 is 1.00 bits per heavy atom. The fourth-order valence-corrected chi connectivity index (χ4v) is 3.79. The Kier molecular flexibility index (Phi) is 7.74. The minimum absolute atomic E-state index is 0.598. The summed E-state index contributed by atoms with van der Waals surface area (Å²) in [4.78, 5) is 13.7. The lowest BCUT2D eigenvalue weighted by Gasteiger charge is -2.12. The summed E-state index contributed by atoms with van der Waals surface area (Å²) in [5, 5.41) is 4.55. The van der Waals surface area contributed by atoms with E-state index in [1.807, 2.05) is 61.1 Å². The molecule has 3 heterocycles. The molecular formula is C28H29N5O2. The standard InChI is InChI=1S/C28H29N5O2/c1-20-9-11-23(29-18-20)12-13-24-17-25(8-6-5-7-21(2)32-24)33-28(30-19-31-33)16-22-10-14-26(34-3)27(15-22)35-4/h7,9-11,14-15,17-19H,5-6,8,16H2,1-4H3/b21-7-,25-17+,32-24+. The lowest BCUT2D eigenvalue weighted by atomic mass is 10.1. The summed E-state index contributed by atoms with van der Waals surface area (Å²) in [6, 6.07) is 9.81. The van der Waals surface area contributed by atoms with Crippen LogP contribution in [0.3, 0.4) is 0 Å². The van der Waals surface area contributed by atoms with Crippen molar-refractivity contribution in [2.45, 2.75) is 39.5 Å². The van der Waals surface area contributed by atoms with Crippen molar-refractivity contribution in [1.82, 2.24) is 19.7 Å². The molecule has 4 rings (SSSR count). The van der Waals surface area contributed by atoms with Gasteiger partial charge in [0.15, 0.2) is 11.5 Å². The average molecular weight is 468 g/mol. The first kappa shape index (κ1) is 24.0. The molecule has 0 saturated heterocycles. The summed E-state index contributed by atoms with van der Waals surface area (Å²) in [6.45, 7) is 4.01. The van der Waals surface area contributed by atoms with Crippen LogP contribution < -0.4 is 9.47 Å². The second-order valence-electron chi connectivity index (χ2n) is 8.30. The molecule has 7 nitrogen and oxygen atoms in total. The number of rotatable bonds is 5. The van der Waals surface area contributed by atoms with Gasteiger partial charge in [0.1, 0.15) is 23.6 Å². The van der Waals surface area contributed by atoms with Crippen LogP contribution >= 0.6 is 0 Å². The van der Waals surface area contributed by atoms with Crippen molar-refractivity contribution >= 4 is 11.4 Å². The van der Waals surface area contributed by atoms with Gasteiger partial charge in [-0.25, -0.2) is 19.6 Å². The molecule has 1 aliphatic rings. The molecule has 3 aromatic rings. The Hall–Kier alpha value is -4.18. The molecule has 0 unspecified atom stereocenters. The minimum Gasteiger partial charge on any atom is -0.493 e. The number of hydrogen-bond donors (Lipinski definition) is 0. The highest BCUT2D eigenvalue weighted by Crippen LogP contribution is 2.28. The second kappa shape index (κ2) is 11.3. The topological polar surface area (TPSA) is 74.4 Å². The first-order valence-electron chi connectivity index (χ1n) is 11.6. The quantitative estimate of drug-likeness (QED) is 0.493. The van der Waals surface area contributed by atoms with E-state index < -0.39 is 0 Å². The Morgan fingerprint density at radius 2 is 1.86 bits per heavy atom. The molecule has 0 N–H and O–H groups in total. The van der Waals surface area contributed by atoms with Crippen LogP contribution in [-0.4, -0.2) is 39.7 Å². The molecule has 2 aromatic heterocycles. The van der Waals surface area contributed by atoms with Crippen LogP contribution in [0.5, 0.6) is 11.5 Å². The van der Waals surface area contributed by atoms with Crippen molar-refractivity contribution in [1.29, 1.82) is 0 Å². The zero-order valence-corrected chi connectivity index (χ0v) is 20.6. The molecule has 35 heavy (non-hydrogen) atoms. The number of methoxy groups -OCH3 is 2. The predicted molar refractivity (Wildman–Crippen MR) is 138 cm³/mol. The number of pyridine rings is 1. The maximum atomic E-state index is 5.46. The summed E-state index contributed by atoms with van der Waals surface area (Å²) in [7, 11) is 3.27. The van der Waals surface area contributed by atoms with E-state index in [-0.39, 0.29) is 0 Å². The van der Waals surface area contributed by atoms with Gasteiger partial charge in [-0.05, 0) is 80.4 Å². The fourth-order valence-electron chi connectivity index (χ4n) is 3.79. The van der Waals surface area contributed by atoms with E-state index in [9.17, 15) is 0 Å². The predicted octanol–water partition coefficient (Wildman–Crippen LogP) is 5.01. The van der Waals surface area contributed by atoms with E-state index in [1.165, 1.54) is 0 Å². The van der Waals surface area contributed by atoms with Crippen LogP contribution in [-0.2, 0) is 6.42 Å². The van der Waals surface area contributed by atoms with Gasteiger partial charge in [-0.1, -0.05) is 18.2 Å². The van der Waals surface area contributed by atoms with Gasteiger partial charge in [0.2, 0.25) is 0 Å². The molecule has 178 valence electrons. The van der Waals surface area contributed by atoms with Gasteiger partial charge >= 0.3 is 0 Å². The van der Waals surface area contributed by atoms with Crippen LogP contribution in [0, 0.1) is 18.8 Å². The minimum atomic E-state index is 0.598. The third kappa shape index (κ3) is 6.24. The van der Waals surface area contributed by atoms with E-state index in [4.69, 9.17) is 14.5 Å². The molecule has 1 aliphatic heterocycles. The molecule has 0 spiro atoms. The molecule has 0 fully saturated rings. The molecule has 0 amide bonds. The van der Waals surface area contributed by atoms with Crippen LogP contribution in [0.1, 0.15) is 48.8 Å². The van der Waals surface area contributed by atoms with Crippen molar-refractivity contribution in [3.63, 3.8) is 0 Å². The largest absolute Gasteiger partial charge is 0.493 e. The number of aromatic nitrogens is 4. The molecule has 0 aliphatic carbocycles. The highest BCUT2D eigenvalue weighted by molar-refractivity contribution is 6.12. The van der Waals surface area contributed by atoms with Gasteiger partial charge in [0.25, 0.3) is 0 Å². The van der Waals surface area contributed by atoms with Crippen molar-refractivity contribution in [2.75, 3.05) is 14.2 Å². The van der Waals surface area contributed by atoms with Gasteiger partial charge < -0.3 is 9.47 Å². The summed E-state index contributed by atoms with van der Waals surface area (Å²) in [5.74, 6) is 8.56. The number of hydrogen-bond acceptors (Lipinski definition) is 6. The monoisotopic (exact) mass is 467 g/mol. The second-order valence-corrected chi connectivity index (χ2v) is 8.30. The number of nitrogens with zero attached hydrogens (tertiary/aromatic N) is 5. The fraction of sp³-hybridized carbons (Fsp3) is 0.286. The number of aliphatic imine (C=N–C) groups is 1. The molecule has 1 aromatic carbocycles. The number of allylic oxidation sites excluding steroid dienone is 4. The van der Waals surface area contributed by atoms with Crippen molar-refractivity contribution in [2.24, 2.45) is 4.99 Å². The van der Waals surface area contributed by atoms with Crippen molar-refractivity contribution < 1.29 is 9.47 Å². The lowest BCUT2D eigenvalue weighted by Crippen LogP contribution is -2.08. The molecule has 0 saturated carbocycles. The number of ether oxygens (including phenoxy) is 2. The summed E-state index contributed by atoms with van der Waals surface area (Å²) in [5.41, 5.74) is 5.50. The third-order valence-corrected chi connectivity index (χ3v) is 5.61. The van der Waals surface area contributed by atoms with Gasteiger partial charge in [0.05, 0.1) is 14.2 Å². The molecule has 7 heteroatoms. The summed E-state index contributed by atoms with van der Waals surface area (Å²) < 4.78 is 12.7. The van der Waals surface area contributed by atoms with E-state index in [1.54, 1.807) is 20.5 Å². The highest BCUT2D eigenvalue weighted by Gasteiger charge is 2.13. The average Bonchev–Trinajstić information content (AvgIpc) is 3.35. The zero-order valence-electron chi connectivity index (χ0n) is 20.6. The van der Waals surface area contributed by atoms with Gasteiger partial charge in [-0.15, -0.1) is 0 Å². The Morgan fingerprint density at radius 3 is 2.63 bits per heavy atom. The van der Waals surface area contributed by atoms with Crippen LogP contribution in [0.15, 0.2) is 65.7 Å². The van der Waals surface area contributed by atoms with Crippen molar-refractivity contribution in [3.05, 3.63) is 83.4 Å². The Labute approximate surface area is 206 Å². The first-order valence-corrected chi connectivity index (χ1v) is 11.6. The molecular weight excluding hydrogens is 438 g/mol. The van der Waals surface area contributed by atoms with Crippen LogP contribution in [0.2, 0.25) is 0 Å². The van der Waals surface area contributed by atoms with Gasteiger partial charge in [-0.2, -0.15) is 5.10 Å². The number of benzene rings is 1. The van der Waals surface area contributed by atoms with E-state index in [0.29, 0.717) is 29.3 Å². The van der Waals surface area contributed by atoms with Gasteiger partial charge in [-0.3, -0.25) is 0 Å². The lowest BCUT2D eigenvalue weighted by molar-refractivity contribution is 0.354. The van der Waals surface area contributed by atoms with E-state index in [0.717, 1.165) is 47.6 Å². The Balaban J connectivity index is 1.67. The smallest absolute Gasteiger partial charge is 0.161 e. The number of aryl methyl sites for hydroxylation is 1. The normalized spacial score (nSPS) is 18.2. The van der Waals surface area contributed by atoms with Gasteiger partial charge in [0, 0.05) is 24.0 Å². The van der Waals surface area contributed by atoms with E-state index in [2.05, 4.69) is 33.0 Å². The zero-order chi connectivity index (χ0) is 24.6. The maximum absolute atomic E-state index is 5.46. The SMILES string of the molecule is COc1ccc(Cc2ncnn2/C2=C/C(C#Cc3ccc(C)cn3)=N/C(C)=C\CCC2)cc1OC. The van der Waals surface area contributed by atoms with E-state index >= 15 is 0 Å². The first-order chi connectivity index (χ1) is 17.1. The van der Waals surface area contributed by atoms with Crippen LogP contribution in [0.4, 0.5) is 0 Å². The summed E-state index contributed by atoms with van der Waals surface area (Å²) >= 11 is 0. The maximum Gasteiger partial charge on any atom is 0.161 e.